The zero-order valence-corrected chi connectivity index (χ0v) is 21.3. The Morgan fingerprint density at radius 2 is 1.64 bits per heavy atom. The monoisotopic (exact) mass is 504 g/mol. The van der Waals surface area contributed by atoms with Gasteiger partial charge in [-0.15, -0.1) is 0 Å². The van der Waals surface area contributed by atoms with Gasteiger partial charge in [0.15, 0.2) is 0 Å². The lowest BCUT2D eigenvalue weighted by Crippen LogP contribution is -2.35. The second-order valence-electron chi connectivity index (χ2n) is 8.41. The van der Waals surface area contributed by atoms with E-state index in [1.54, 1.807) is 19.2 Å². The summed E-state index contributed by atoms with van der Waals surface area (Å²) in [4.78, 5) is 15.2. The molecule has 4 aromatic rings. The first-order valence-corrected chi connectivity index (χ1v) is 12.5. The van der Waals surface area contributed by atoms with Crippen molar-refractivity contribution in [2.75, 3.05) is 23.8 Å². The van der Waals surface area contributed by atoms with Gasteiger partial charge in [-0.25, -0.2) is 4.39 Å². The number of nitrogens with zero attached hydrogens (tertiary/aromatic N) is 1. The maximum Gasteiger partial charge on any atom is 0.307 e. The fourth-order valence-corrected chi connectivity index (χ4v) is 4.78. The number of halogens is 1. The van der Waals surface area contributed by atoms with Crippen LogP contribution in [-0.4, -0.2) is 26.2 Å². The van der Waals surface area contributed by atoms with Crippen molar-refractivity contribution in [3.05, 3.63) is 96.3 Å². The van der Waals surface area contributed by atoms with Gasteiger partial charge in [-0.05, 0) is 61.3 Å². The van der Waals surface area contributed by atoms with Crippen LogP contribution >= 0.6 is 11.9 Å². The lowest BCUT2D eigenvalue weighted by molar-refractivity contribution is -0.140. The first kappa shape index (κ1) is 25.4. The molecule has 5 nitrogen and oxygen atoms in total. The number of carbonyl (C=O) groups excluding carboxylic acids is 1. The first-order valence-electron chi connectivity index (χ1n) is 11.7. The van der Waals surface area contributed by atoms with Crippen molar-refractivity contribution in [2.45, 2.75) is 30.8 Å². The predicted molar refractivity (Wildman–Crippen MR) is 145 cm³/mol. The molecule has 186 valence electrons. The summed E-state index contributed by atoms with van der Waals surface area (Å²) in [6.07, 6.45) is 0.187. The molecule has 7 heteroatoms. The zero-order chi connectivity index (χ0) is 25.5. The van der Waals surface area contributed by atoms with Crippen LogP contribution in [0.2, 0.25) is 0 Å². The molecule has 4 aromatic carbocycles. The molecule has 1 N–H and O–H groups in total. The Hall–Kier alpha value is -3.71. The second kappa shape index (κ2) is 11.8. The average Bonchev–Trinajstić information content (AvgIpc) is 2.91. The van der Waals surface area contributed by atoms with E-state index < -0.39 is 0 Å². The van der Waals surface area contributed by atoms with Crippen LogP contribution in [0, 0.1) is 5.82 Å². The first-order chi connectivity index (χ1) is 17.5. The fraction of sp³-hybridized carbons (Fsp3) is 0.207. The Morgan fingerprint density at radius 3 is 2.33 bits per heavy atom. The molecule has 36 heavy (non-hydrogen) atoms. The smallest absolute Gasteiger partial charge is 0.307 e. The fourth-order valence-electron chi connectivity index (χ4n) is 4.10. The van der Waals surface area contributed by atoms with Gasteiger partial charge in [0.25, 0.3) is 0 Å². The number of esters is 1. The van der Waals surface area contributed by atoms with E-state index in [9.17, 15) is 9.18 Å². The number of methoxy groups -OCH3 is 2. The van der Waals surface area contributed by atoms with Crippen LogP contribution in [-0.2, 0) is 16.1 Å². The molecule has 0 fully saturated rings. The summed E-state index contributed by atoms with van der Waals surface area (Å²) in [6, 6.07) is 26.5. The van der Waals surface area contributed by atoms with Crippen LogP contribution < -0.4 is 14.4 Å². The molecule has 0 spiro atoms. The number of anilines is 2. The standard InChI is InChI=1S/C29H29FN2O3S/c1-20(18-29(33)35-3)32(19-21-8-4-7-11-26(21)30)28-17-16-27(24-9-5-6-10-25(24)28)31-36-23-14-12-22(34-2)13-15-23/h4-17,20,31H,18-19H2,1-3H3. The van der Waals surface area contributed by atoms with Crippen molar-refractivity contribution in [1.82, 2.24) is 0 Å². The normalized spacial score (nSPS) is 11.7. The van der Waals surface area contributed by atoms with Gasteiger partial charge in [0.2, 0.25) is 0 Å². The number of carbonyl (C=O) groups is 1. The largest absolute Gasteiger partial charge is 0.497 e. The molecule has 0 aliphatic carbocycles. The summed E-state index contributed by atoms with van der Waals surface area (Å²) < 4.78 is 28.2. The number of ether oxygens (including phenoxy) is 2. The Morgan fingerprint density at radius 1 is 0.944 bits per heavy atom. The van der Waals surface area contributed by atoms with E-state index in [4.69, 9.17) is 9.47 Å². The third-order valence-corrected chi connectivity index (χ3v) is 6.90. The number of nitrogens with one attached hydrogen (secondary N) is 1. The van der Waals surface area contributed by atoms with Gasteiger partial charge < -0.3 is 19.1 Å². The van der Waals surface area contributed by atoms with E-state index in [-0.39, 0.29) is 24.2 Å². The number of fused-ring (bicyclic) bond motifs is 1. The second-order valence-corrected chi connectivity index (χ2v) is 9.29. The van der Waals surface area contributed by atoms with Crippen LogP contribution in [0.15, 0.2) is 89.8 Å². The quantitative estimate of drug-likeness (QED) is 0.184. The molecule has 0 aliphatic heterocycles. The molecule has 0 heterocycles. The van der Waals surface area contributed by atoms with Crippen molar-refractivity contribution in [1.29, 1.82) is 0 Å². The van der Waals surface area contributed by atoms with Crippen LogP contribution in [0.1, 0.15) is 18.9 Å². The lowest BCUT2D eigenvalue weighted by atomic mass is 10.0. The third kappa shape index (κ3) is 5.91. The van der Waals surface area contributed by atoms with Gasteiger partial charge >= 0.3 is 5.97 Å². The highest BCUT2D eigenvalue weighted by atomic mass is 32.2. The minimum atomic E-state index is -0.306. The Balaban J connectivity index is 1.68. The summed E-state index contributed by atoms with van der Waals surface area (Å²) >= 11 is 1.51. The highest BCUT2D eigenvalue weighted by Gasteiger charge is 2.22. The number of rotatable bonds is 10. The average molecular weight is 505 g/mol. The zero-order valence-electron chi connectivity index (χ0n) is 20.5. The highest BCUT2D eigenvalue weighted by Crippen LogP contribution is 2.36. The van der Waals surface area contributed by atoms with E-state index >= 15 is 0 Å². The van der Waals surface area contributed by atoms with Crippen molar-refractivity contribution in [3.63, 3.8) is 0 Å². The molecule has 1 atom stereocenters. The molecule has 0 bridgehead atoms. The Labute approximate surface area is 215 Å². The highest BCUT2D eigenvalue weighted by molar-refractivity contribution is 8.00. The van der Waals surface area contributed by atoms with Gasteiger partial charge in [-0.2, -0.15) is 0 Å². The minimum absolute atomic E-state index is 0.187. The number of hydrogen-bond acceptors (Lipinski definition) is 6. The van der Waals surface area contributed by atoms with Crippen LogP contribution in [0.25, 0.3) is 10.8 Å². The predicted octanol–water partition coefficient (Wildman–Crippen LogP) is 7.06. The van der Waals surface area contributed by atoms with Gasteiger partial charge in [0, 0.05) is 39.5 Å². The summed E-state index contributed by atoms with van der Waals surface area (Å²) in [5.41, 5.74) is 2.45. The van der Waals surface area contributed by atoms with E-state index in [1.165, 1.54) is 25.1 Å². The molecule has 4 rings (SSSR count). The molecule has 0 saturated carbocycles. The molecule has 0 radical (unpaired) electrons. The Kier molecular flexibility index (Phi) is 8.33. The van der Waals surface area contributed by atoms with Crippen LogP contribution in [0.3, 0.4) is 0 Å². The van der Waals surface area contributed by atoms with Crippen LogP contribution in [0.5, 0.6) is 5.75 Å². The Bertz CT molecular complexity index is 1330. The molecule has 0 aromatic heterocycles. The van der Waals surface area contributed by atoms with Gasteiger partial charge in [-0.1, -0.05) is 42.5 Å². The van der Waals surface area contributed by atoms with Crippen molar-refractivity contribution >= 4 is 40.1 Å². The molecule has 0 saturated heterocycles. The molecule has 0 aliphatic rings. The molecule has 0 amide bonds. The van der Waals surface area contributed by atoms with E-state index in [0.29, 0.717) is 12.1 Å². The third-order valence-electron chi connectivity index (χ3n) is 6.07. The summed E-state index contributed by atoms with van der Waals surface area (Å²) in [6.45, 7) is 2.28. The van der Waals surface area contributed by atoms with E-state index in [0.717, 1.165) is 32.8 Å². The summed E-state index contributed by atoms with van der Waals surface area (Å²) in [7, 11) is 3.03. The molecule has 1 unspecified atom stereocenters. The van der Waals surface area contributed by atoms with Crippen molar-refractivity contribution in [3.8, 4) is 5.75 Å². The van der Waals surface area contributed by atoms with Gasteiger partial charge in [0.1, 0.15) is 11.6 Å². The number of hydrogen-bond donors (Lipinski definition) is 1. The van der Waals surface area contributed by atoms with Crippen molar-refractivity contribution in [2.24, 2.45) is 0 Å². The SMILES string of the molecule is COC(=O)CC(C)N(Cc1ccccc1F)c1ccc(NSc2ccc(OC)cc2)c2ccccc12. The van der Waals surface area contributed by atoms with E-state index in [2.05, 4.69) is 15.7 Å². The molecular weight excluding hydrogens is 475 g/mol. The lowest BCUT2D eigenvalue weighted by Gasteiger charge is -2.32. The molecular formula is C29H29FN2O3S. The number of benzene rings is 4. The summed E-state index contributed by atoms with van der Waals surface area (Å²) in [5.74, 6) is 0.232. The topological polar surface area (TPSA) is 50.8 Å². The van der Waals surface area contributed by atoms with Crippen LogP contribution in [0.4, 0.5) is 15.8 Å². The summed E-state index contributed by atoms with van der Waals surface area (Å²) in [5, 5.41) is 2.03. The van der Waals surface area contributed by atoms with E-state index in [1.807, 2.05) is 67.6 Å². The van der Waals surface area contributed by atoms with Gasteiger partial charge in [-0.3, -0.25) is 4.79 Å². The maximum absolute atomic E-state index is 14.6. The maximum atomic E-state index is 14.6. The van der Waals surface area contributed by atoms with Gasteiger partial charge in [0.05, 0.1) is 26.3 Å². The minimum Gasteiger partial charge on any atom is -0.497 e. The van der Waals surface area contributed by atoms with Crippen molar-refractivity contribution < 1.29 is 18.7 Å².